The molecule has 1 nitrogen and oxygen atoms in total. The van der Waals surface area contributed by atoms with E-state index in [1.165, 1.54) is 22.2 Å². The van der Waals surface area contributed by atoms with Gasteiger partial charge in [0.1, 0.15) is 0 Å². The number of benzene rings is 1. The lowest BCUT2D eigenvalue weighted by molar-refractivity contribution is 0.567. The third-order valence-corrected chi connectivity index (χ3v) is 3.58. The van der Waals surface area contributed by atoms with Gasteiger partial charge in [0.25, 0.3) is 0 Å². The van der Waals surface area contributed by atoms with Crippen LogP contribution in [0, 0.1) is 6.92 Å². The van der Waals surface area contributed by atoms with Crippen LogP contribution in [0.1, 0.15) is 58.4 Å². The van der Waals surface area contributed by atoms with Crippen molar-refractivity contribution >= 4 is 10.9 Å². The molecule has 19 heavy (non-hydrogen) atoms. The van der Waals surface area contributed by atoms with E-state index in [0.29, 0.717) is 0 Å². The first-order chi connectivity index (χ1) is 8.59. The first-order valence-corrected chi connectivity index (χ1v) is 7.01. The number of hydrogen-bond donors (Lipinski definition) is 0. The van der Waals surface area contributed by atoms with Gasteiger partial charge in [-0.3, -0.25) is 4.98 Å². The number of aryl methyl sites for hydroxylation is 1. The van der Waals surface area contributed by atoms with Crippen molar-refractivity contribution in [3.8, 4) is 0 Å². The molecule has 0 bridgehead atoms. The third-order valence-electron chi connectivity index (χ3n) is 3.58. The van der Waals surface area contributed by atoms with Crippen LogP contribution in [0.15, 0.2) is 24.3 Å². The predicted molar refractivity (Wildman–Crippen MR) is 83.9 cm³/mol. The van der Waals surface area contributed by atoms with Crippen molar-refractivity contribution in [1.29, 1.82) is 0 Å². The van der Waals surface area contributed by atoms with Gasteiger partial charge < -0.3 is 0 Å². The van der Waals surface area contributed by atoms with Crippen LogP contribution in [0.5, 0.6) is 0 Å². The van der Waals surface area contributed by atoms with Crippen molar-refractivity contribution in [3.63, 3.8) is 0 Å². The van der Waals surface area contributed by atoms with Gasteiger partial charge in [0.2, 0.25) is 0 Å². The van der Waals surface area contributed by atoms with Gasteiger partial charge in [0.05, 0.1) is 5.52 Å². The fourth-order valence-electron chi connectivity index (χ4n) is 2.51. The second kappa shape index (κ2) is 4.33. The summed E-state index contributed by atoms with van der Waals surface area (Å²) >= 11 is 0. The zero-order valence-electron chi connectivity index (χ0n) is 13.3. The quantitative estimate of drug-likeness (QED) is 0.635. The Morgan fingerprint density at radius 2 is 1.47 bits per heavy atom. The maximum absolute atomic E-state index is 4.87. The second-order valence-corrected chi connectivity index (χ2v) is 7.56. The molecule has 0 aliphatic heterocycles. The molecule has 0 aliphatic carbocycles. The summed E-state index contributed by atoms with van der Waals surface area (Å²) < 4.78 is 0. The molecule has 0 spiro atoms. The Morgan fingerprint density at radius 1 is 0.842 bits per heavy atom. The van der Waals surface area contributed by atoms with E-state index in [1.54, 1.807) is 0 Å². The third kappa shape index (κ3) is 2.80. The molecule has 1 heterocycles. The molecule has 0 fully saturated rings. The largest absolute Gasteiger partial charge is 0.252 e. The SMILES string of the molecule is Cc1cc2cc(C(C)(C)C)ccc2nc1C(C)(C)C. The van der Waals surface area contributed by atoms with Crippen LogP contribution < -0.4 is 0 Å². The van der Waals surface area contributed by atoms with Crippen molar-refractivity contribution in [3.05, 3.63) is 41.1 Å². The molecule has 1 aromatic heterocycles. The van der Waals surface area contributed by atoms with E-state index in [4.69, 9.17) is 4.98 Å². The highest BCUT2D eigenvalue weighted by molar-refractivity contribution is 5.80. The lowest BCUT2D eigenvalue weighted by Crippen LogP contribution is -2.16. The van der Waals surface area contributed by atoms with E-state index in [1.807, 2.05) is 0 Å². The number of pyridine rings is 1. The average molecular weight is 255 g/mol. The topological polar surface area (TPSA) is 12.9 Å². The van der Waals surface area contributed by atoms with Crippen LogP contribution in [0.4, 0.5) is 0 Å². The van der Waals surface area contributed by atoms with Gasteiger partial charge >= 0.3 is 0 Å². The number of hydrogen-bond acceptors (Lipinski definition) is 1. The maximum atomic E-state index is 4.87. The van der Waals surface area contributed by atoms with Crippen LogP contribution in [0.3, 0.4) is 0 Å². The smallest absolute Gasteiger partial charge is 0.0705 e. The number of nitrogens with zero attached hydrogens (tertiary/aromatic N) is 1. The Labute approximate surface area is 117 Å². The Morgan fingerprint density at radius 3 is 2.00 bits per heavy atom. The molecule has 1 heteroatoms. The van der Waals surface area contributed by atoms with E-state index in [9.17, 15) is 0 Å². The molecule has 0 N–H and O–H groups in total. The zero-order valence-corrected chi connectivity index (χ0v) is 13.3. The van der Waals surface area contributed by atoms with E-state index in [2.05, 4.69) is 72.7 Å². The lowest BCUT2D eigenvalue weighted by Gasteiger charge is -2.22. The summed E-state index contributed by atoms with van der Waals surface area (Å²) in [5, 5.41) is 1.25. The number of fused-ring (bicyclic) bond motifs is 1. The van der Waals surface area contributed by atoms with Gasteiger partial charge in [-0.1, -0.05) is 47.6 Å². The van der Waals surface area contributed by atoms with Crippen LogP contribution in [0.2, 0.25) is 0 Å². The number of rotatable bonds is 0. The van der Waals surface area contributed by atoms with Gasteiger partial charge in [-0.05, 0) is 41.7 Å². The molecule has 0 aliphatic rings. The highest BCUT2D eigenvalue weighted by atomic mass is 14.7. The summed E-state index contributed by atoms with van der Waals surface area (Å²) in [6, 6.07) is 8.92. The summed E-state index contributed by atoms with van der Waals surface area (Å²) in [4.78, 5) is 4.87. The van der Waals surface area contributed by atoms with E-state index < -0.39 is 0 Å². The normalized spacial score (nSPS) is 13.0. The van der Waals surface area contributed by atoms with Crippen LogP contribution >= 0.6 is 0 Å². The van der Waals surface area contributed by atoms with Crippen molar-refractivity contribution in [2.75, 3.05) is 0 Å². The Bertz CT molecular complexity index is 610. The lowest BCUT2D eigenvalue weighted by atomic mass is 9.85. The highest BCUT2D eigenvalue weighted by Crippen LogP contribution is 2.29. The molecule has 2 aromatic rings. The standard InChI is InChI=1S/C18H25N/c1-12-10-13-11-14(17(2,3)4)8-9-15(13)19-16(12)18(5,6)7/h8-11H,1-7H3. The van der Waals surface area contributed by atoms with Crippen LogP contribution in [0.25, 0.3) is 10.9 Å². The maximum Gasteiger partial charge on any atom is 0.0705 e. The summed E-state index contributed by atoms with van der Waals surface area (Å²) in [5.41, 5.74) is 5.23. The molecule has 0 atom stereocenters. The minimum atomic E-state index is 0.0982. The monoisotopic (exact) mass is 255 g/mol. The van der Waals surface area contributed by atoms with Gasteiger partial charge in [0, 0.05) is 16.5 Å². The predicted octanol–water partition coefficient (Wildman–Crippen LogP) is 5.14. The van der Waals surface area contributed by atoms with Gasteiger partial charge in [-0.15, -0.1) is 0 Å². The van der Waals surface area contributed by atoms with Crippen molar-refractivity contribution in [1.82, 2.24) is 4.98 Å². The van der Waals surface area contributed by atoms with Gasteiger partial charge in [-0.2, -0.15) is 0 Å². The molecule has 1 aromatic carbocycles. The molecule has 0 saturated carbocycles. The summed E-state index contributed by atoms with van der Waals surface area (Å²) in [7, 11) is 0. The first-order valence-electron chi connectivity index (χ1n) is 7.01. The number of aromatic nitrogens is 1. The summed E-state index contributed by atoms with van der Waals surface area (Å²) in [5.74, 6) is 0. The highest BCUT2D eigenvalue weighted by Gasteiger charge is 2.19. The Kier molecular flexibility index (Phi) is 3.20. The fraction of sp³-hybridized carbons (Fsp3) is 0.500. The molecule has 0 saturated heterocycles. The summed E-state index contributed by atoms with van der Waals surface area (Å²) in [6.45, 7) is 15.6. The average Bonchev–Trinajstić information content (AvgIpc) is 2.24. The first kappa shape index (κ1) is 14.0. The van der Waals surface area contributed by atoms with E-state index >= 15 is 0 Å². The molecule has 102 valence electrons. The van der Waals surface area contributed by atoms with Crippen LogP contribution in [-0.4, -0.2) is 4.98 Å². The Balaban J connectivity index is 2.65. The molecule has 2 rings (SSSR count). The van der Waals surface area contributed by atoms with E-state index in [0.717, 1.165) is 5.52 Å². The van der Waals surface area contributed by atoms with Crippen molar-refractivity contribution in [2.24, 2.45) is 0 Å². The fourth-order valence-corrected chi connectivity index (χ4v) is 2.51. The molecule has 0 amide bonds. The Hall–Kier alpha value is -1.37. The van der Waals surface area contributed by atoms with Gasteiger partial charge in [0.15, 0.2) is 0 Å². The molecule has 0 radical (unpaired) electrons. The second-order valence-electron chi connectivity index (χ2n) is 7.56. The zero-order chi connectivity index (χ0) is 14.4. The minimum absolute atomic E-state index is 0.0982. The molecule has 0 unspecified atom stereocenters. The summed E-state index contributed by atoms with van der Waals surface area (Å²) in [6.07, 6.45) is 0. The van der Waals surface area contributed by atoms with E-state index in [-0.39, 0.29) is 10.8 Å². The molecular weight excluding hydrogens is 230 g/mol. The van der Waals surface area contributed by atoms with Crippen LogP contribution in [-0.2, 0) is 10.8 Å². The van der Waals surface area contributed by atoms with Crippen molar-refractivity contribution in [2.45, 2.75) is 59.3 Å². The molecular formula is C18H25N. The van der Waals surface area contributed by atoms with Crippen molar-refractivity contribution < 1.29 is 0 Å². The van der Waals surface area contributed by atoms with Gasteiger partial charge in [-0.25, -0.2) is 0 Å². The minimum Gasteiger partial charge on any atom is -0.252 e.